The summed E-state index contributed by atoms with van der Waals surface area (Å²) in [5.41, 5.74) is 3.37. The Kier molecular flexibility index (Phi) is 6.74. The Morgan fingerprint density at radius 2 is 1.81 bits per heavy atom. The smallest absolute Gasteiger partial charge is 0.322 e. The number of nitrogens with zero attached hydrogens (tertiary/aromatic N) is 4. The number of likely N-dealkylation sites (N-methyl/N-ethyl adjacent to an activating group) is 1. The summed E-state index contributed by atoms with van der Waals surface area (Å²) in [5.74, 6) is -0.593. The Morgan fingerprint density at radius 3 is 2.57 bits per heavy atom. The molecule has 6 nitrogen and oxygen atoms in total. The number of carbonyl (C=O) groups is 1. The zero-order chi connectivity index (χ0) is 26.2. The molecule has 0 atom stereocenters. The van der Waals surface area contributed by atoms with Gasteiger partial charge in [0.25, 0.3) is 5.91 Å². The predicted octanol–water partition coefficient (Wildman–Crippen LogP) is 5.33. The molecule has 3 heterocycles. The van der Waals surface area contributed by atoms with Crippen LogP contribution in [0.2, 0.25) is 0 Å². The van der Waals surface area contributed by atoms with Gasteiger partial charge >= 0.3 is 6.18 Å². The molecule has 0 bridgehead atoms. The number of hydrogen-bond donors (Lipinski definition) is 1. The number of pyridine rings is 1. The van der Waals surface area contributed by atoms with E-state index in [1.165, 1.54) is 12.1 Å². The predicted molar refractivity (Wildman–Crippen MR) is 138 cm³/mol. The standard InChI is InChI=1S/C28H28F3N5O/c1-19-6-9-22(16-23(19)25-17-32-26-5-3-4-10-36(25)26)33-27(37)20-7-8-21(24(15-20)28(29,30)31)18-35-13-11-34(2)12-14-35/h3-10,15-17H,11-14,18H2,1-2H3,(H,33,37). The van der Waals surface area contributed by atoms with Crippen molar-refractivity contribution in [1.29, 1.82) is 0 Å². The summed E-state index contributed by atoms with van der Waals surface area (Å²) in [6.45, 7) is 5.20. The van der Waals surface area contributed by atoms with E-state index in [4.69, 9.17) is 0 Å². The molecule has 37 heavy (non-hydrogen) atoms. The van der Waals surface area contributed by atoms with E-state index in [1.807, 2.05) is 59.8 Å². The highest BCUT2D eigenvalue weighted by atomic mass is 19.4. The summed E-state index contributed by atoms with van der Waals surface area (Å²) >= 11 is 0. The molecule has 1 fully saturated rings. The van der Waals surface area contributed by atoms with Gasteiger partial charge in [0.05, 0.1) is 17.5 Å². The van der Waals surface area contributed by atoms with Crippen LogP contribution in [0.15, 0.2) is 67.0 Å². The molecule has 1 amide bonds. The first-order valence-electron chi connectivity index (χ1n) is 12.1. The molecule has 1 aliphatic rings. The van der Waals surface area contributed by atoms with Crippen LogP contribution in [0.4, 0.5) is 18.9 Å². The number of amides is 1. The van der Waals surface area contributed by atoms with E-state index in [0.717, 1.165) is 41.6 Å². The number of carbonyl (C=O) groups excluding carboxylic acids is 1. The van der Waals surface area contributed by atoms with Gasteiger partial charge in [-0.25, -0.2) is 4.98 Å². The highest BCUT2D eigenvalue weighted by Crippen LogP contribution is 2.34. The number of benzene rings is 2. The third-order valence-corrected chi connectivity index (χ3v) is 6.86. The van der Waals surface area contributed by atoms with Crippen LogP contribution >= 0.6 is 0 Å². The first-order chi connectivity index (χ1) is 17.7. The minimum atomic E-state index is -4.56. The second kappa shape index (κ2) is 9.99. The molecule has 192 valence electrons. The molecule has 0 radical (unpaired) electrons. The number of rotatable bonds is 5. The van der Waals surface area contributed by atoms with Crippen molar-refractivity contribution in [2.75, 3.05) is 38.5 Å². The van der Waals surface area contributed by atoms with Crippen LogP contribution in [-0.4, -0.2) is 58.3 Å². The number of halogens is 3. The first-order valence-corrected chi connectivity index (χ1v) is 12.1. The number of fused-ring (bicyclic) bond motifs is 1. The zero-order valence-corrected chi connectivity index (χ0v) is 20.7. The highest BCUT2D eigenvalue weighted by Gasteiger charge is 2.34. The van der Waals surface area contributed by atoms with Gasteiger partial charge in [-0.2, -0.15) is 13.2 Å². The number of aryl methyl sites for hydroxylation is 1. The van der Waals surface area contributed by atoms with Gasteiger partial charge < -0.3 is 10.2 Å². The van der Waals surface area contributed by atoms with Crippen LogP contribution < -0.4 is 5.32 Å². The second-order valence-corrected chi connectivity index (χ2v) is 9.51. The monoisotopic (exact) mass is 507 g/mol. The van der Waals surface area contributed by atoms with E-state index >= 15 is 0 Å². The molecule has 1 aliphatic heterocycles. The fraction of sp³-hybridized carbons (Fsp3) is 0.286. The fourth-order valence-corrected chi connectivity index (χ4v) is 4.68. The molecule has 4 aromatic rings. The lowest BCUT2D eigenvalue weighted by molar-refractivity contribution is -0.138. The van der Waals surface area contributed by atoms with Crippen LogP contribution in [-0.2, 0) is 12.7 Å². The Hall–Kier alpha value is -3.69. The van der Waals surface area contributed by atoms with Crippen LogP contribution in [0.3, 0.4) is 0 Å². The van der Waals surface area contributed by atoms with Gasteiger partial charge in [0.15, 0.2) is 0 Å². The third kappa shape index (κ3) is 5.38. The highest BCUT2D eigenvalue weighted by molar-refractivity contribution is 6.04. The summed E-state index contributed by atoms with van der Waals surface area (Å²) in [6, 6.07) is 15.0. The van der Waals surface area contributed by atoms with Gasteiger partial charge in [-0.15, -0.1) is 0 Å². The normalized spacial score (nSPS) is 15.3. The van der Waals surface area contributed by atoms with E-state index in [1.54, 1.807) is 12.3 Å². The first kappa shape index (κ1) is 25.0. The number of nitrogens with one attached hydrogen (secondary N) is 1. The van der Waals surface area contributed by atoms with Crippen LogP contribution in [0.5, 0.6) is 0 Å². The van der Waals surface area contributed by atoms with Gasteiger partial charge in [-0.3, -0.25) is 14.1 Å². The van der Waals surface area contributed by atoms with Crippen molar-refractivity contribution in [2.24, 2.45) is 0 Å². The van der Waals surface area contributed by atoms with Gasteiger partial charge in [-0.05, 0) is 61.5 Å². The lowest BCUT2D eigenvalue weighted by Gasteiger charge is -2.33. The molecule has 9 heteroatoms. The largest absolute Gasteiger partial charge is 0.416 e. The Balaban J connectivity index is 1.39. The topological polar surface area (TPSA) is 52.9 Å². The number of aromatic nitrogens is 2. The van der Waals surface area contributed by atoms with E-state index in [9.17, 15) is 18.0 Å². The van der Waals surface area contributed by atoms with Crippen LogP contribution in [0, 0.1) is 6.92 Å². The van der Waals surface area contributed by atoms with Crippen molar-refractivity contribution in [3.05, 3.63) is 89.2 Å². The summed E-state index contributed by atoms with van der Waals surface area (Å²) in [5, 5.41) is 2.77. The Morgan fingerprint density at radius 1 is 1.03 bits per heavy atom. The SMILES string of the molecule is Cc1ccc(NC(=O)c2ccc(CN3CCN(C)CC3)c(C(F)(F)F)c2)cc1-c1cnc2ccccn12. The summed E-state index contributed by atoms with van der Waals surface area (Å²) in [7, 11) is 2.00. The number of hydrogen-bond acceptors (Lipinski definition) is 4. The molecule has 0 spiro atoms. The van der Waals surface area contributed by atoms with E-state index in [-0.39, 0.29) is 17.7 Å². The van der Waals surface area contributed by atoms with Crippen molar-refractivity contribution in [3.63, 3.8) is 0 Å². The molecule has 0 saturated carbocycles. The molecule has 0 aliphatic carbocycles. The average molecular weight is 508 g/mol. The Bertz CT molecular complexity index is 1440. The molecule has 1 saturated heterocycles. The average Bonchev–Trinajstić information content (AvgIpc) is 3.30. The zero-order valence-electron chi connectivity index (χ0n) is 20.7. The Labute approximate surface area is 213 Å². The van der Waals surface area contributed by atoms with Crippen molar-refractivity contribution in [2.45, 2.75) is 19.6 Å². The van der Waals surface area contributed by atoms with Crippen molar-refractivity contribution >= 4 is 17.2 Å². The van der Waals surface area contributed by atoms with E-state index < -0.39 is 17.6 Å². The molecule has 1 N–H and O–H groups in total. The maximum absolute atomic E-state index is 14.0. The molecule has 2 aromatic carbocycles. The van der Waals surface area contributed by atoms with Crippen LogP contribution in [0.1, 0.15) is 27.0 Å². The summed E-state index contributed by atoms with van der Waals surface area (Å²) in [6.07, 6.45) is -0.888. The van der Waals surface area contributed by atoms with Gasteiger partial charge in [0.1, 0.15) is 5.65 Å². The molecule has 2 aromatic heterocycles. The summed E-state index contributed by atoms with van der Waals surface area (Å²) in [4.78, 5) is 21.6. The van der Waals surface area contributed by atoms with Gasteiger partial charge in [-0.1, -0.05) is 18.2 Å². The second-order valence-electron chi connectivity index (χ2n) is 9.51. The van der Waals surface area contributed by atoms with E-state index in [0.29, 0.717) is 18.8 Å². The lowest BCUT2D eigenvalue weighted by atomic mass is 10.0. The fourth-order valence-electron chi connectivity index (χ4n) is 4.68. The van der Waals surface area contributed by atoms with Gasteiger partial charge in [0, 0.05) is 55.7 Å². The third-order valence-electron chi connectivity index (χ3n) is 6.86. The van der Waals surface area contributed by atoms with Gasteiger partial charge in [0.2, 0.25) is 0 Å². The number of imidazole rings is 1. The van der Waals surface area contributed by atoms with Crippen molar-refractivity contribution < 1.29 is 18.0 Å². The van der Waals surface area contributed by atoms with E-state index in [2.05, 4.69) is 15.2 Å². The molecule has 0 unspecified atom stereocenters. The minimum Gasteiger partial charge on any atom is -0.322 e. The number of anilines is 1. The molecular formula is C28H28F3N5O. The van der Waals surface area contributed by atoms with Crippen molar-refractivity contribution in [1.82, 2.24) is 19.2 Å². The summed E-state index contributed by atoms with van der Waals surface area (Å²) < 4.78 is 43.8. The number of piperazine rings is 1. The van der Waals surface area contributed by atoms with Crippen molar-refractivity contribution in [3.8, 4) is 11.3 Å². The maximum Gasteiger partial charge on any atom is 0.416 e. The lowest BCUT2D eigenvalue weighted by Crippen LogP contribution is -2.44. The quantitative estimate of drug-likeness (QED) is 0.397. The number of alkyl halides is 3. The molecular weight excluding hydrogens is 479 g/mol. The maximum atomic E-state index is 14.0. The molecule has 5 rings (SSSR count). The minimum absolute atomic E-state index is 0.0358. The van der Waals surface area contributed by atoms with Crippen LogP contribution in [0.25, 0.3) is 16.9 Å².